The minimum Gasteiger partial charge on any atom is -0.355 e. The van der Waals surface area contributed by atoms with E-state index in [0.29, 0.717) is 17.1 Å². The highest BCUT2D eigenvalue weighted by Gasteiger charge is 2.22. The molecule has 0 amide bonds. The predicted molar refractivity (Wildman–Crippen MR) is 140 cm³/mol. The zero-order valence-corrected chi connectivity index (χ0v) is 21.2. The Labute approximate surface area is 205 Å². The quantitative estimate of drug-likeness (QED) is 0.243. The van der Waals surface area contributed by atoms with E-state index in [4.69, 9.17) is 15.0 Å². The number of aromatic nitrogens is 4. The van der Waals surface area contributed by atoms with Crippen LogP contribution in [0, 0.1) is 13.8 Å². The molecule has 0 N–H and O–H groups in total. The summed E-state index contributed by atoms with van der Waals surface area (Å²) in [5, 5.41) is 0. The van der Waals surface area contributed by atoms with Crippen LogP contribution in [0.15, 0.2) is 53.4 Å². The summed E-state index contributed by atoms with van der Waals surface area (Å²) in [5.74, 6) is 2.54. The summed E-state index contributed by atoms with van der Waals surface area (Å²) >= 11 is 0.265. The topological polar surface area (TPSA) is 46.8 Å². The number of fused-ring (bicyclic) bond motifs is 1. The molecule has 178 valence electrons. The van der Waals surface area contributed by atoms with Crippen LogP contribution in [0.2, 0.25) is 0 Å². The van der Waals surface area contributed by atoms with Gasteiger partial charge in [-0.25, -0.2) is 15.0 Å². The van der Waals surface area contributed by atoms with Gasteiger partial charge in [-0.05, 0) is 50.5 Å². The van der Waals surface area contributed by atoms with Gasteiger partial charge in [-0.3, -0.25) is 0 Å². The van der Waals surface area contributed by atoms with Crippen LogP contribution in [0.4, 0.5) is 9.70 Å². The molecular formula is C27H32FN5S. The maximum atomic E-state index is 13.0. The van der Waals surface area contributed by atoms with Crippen molar-refractivity contribution >= 4 is 29.1 Å². The maximum absolute atomic E-state index is 13.0. The van der Waals surface area contributed by atoms with E-state index in [0.717, 1.165) is 66.5 Å². The molecule has 4 aromatic rings. The van der Waals surface area contributed by atoms with E-state index in [-0.39, 0.29) is 12.1 Å². The highest BCUT2D eigenvalue weighted by molar-refractivity contribution is 7.94. The molecular weight excluding hydrogens is 445 g/mol. The Morgan fingerprint density at radius 3 is 2.41 bits per heavy atom. The normalized spacial score (nSPS) is 11.3. The van der Waals surface area contributed by atoms with Gasteiger partial charge in [-0.2, -0.15) is 3.89 Å². The number of unbranched alkanes of at least 4 members (excludes halogenated alkanes) is 1. The van der Waals surface area contributed by atoms with Crippen LogP contribution in [0.25, 0.3) is 22.6 Å². The zero-order valence-electron chi connectivity index (χ0n) is 20.4. The zero-order chi connectivity index (χ0) is 24.1. The molecule has 7 heteroatoms. The molecule has 2 heterocycles. The van der Waals surface area contributed by atoms with Gasteiger partial charge in [-0.15, -0.1) is 0 Å². The lowest BCUT2D eigenvalue weighted by Gasteiger charge is -2.24. The van der Waals surface area contributed by atoms with Crippen molar-refractivity contribution in [2.75, 3.05) is 18.0 Å². The van der Waals surface area contributed by atoms with Gasteiger partial charge >= 0.3 is 0 Å². The van der Waals surface area contributed by atoms with Gasteiger partial charge in [-0.1, -0.05) is 56.2 Å². The number of rotatable bonds is 10. The number of halogens is 1. The number of anilines is 1. The number of benzene rings is 2. The fourth-order valence-electron chi connectivity index (χ4n) is 4.27. The van der Waals surface area contributed by atoms with E-state index in [1.807, 2.05) is 31.2 Å². The van der Waals surface area contributed by atoms with Crippen molar-refractivity contribution in [2.45, 2.75) is 58.4 Å². The second kappa shape index (κ2) is 11.0. The van der Waals surface area contributed by atoms with Crippen molar-refractivity contribution in [3.63, 3.8) is 0 Å². The molecule has 0 fully saturated rings. The first kappa shape index (κ1) is 24.2. The van der Waals surface area contributed by atoms with E-state index in [2.05, 4.69) is 54.5 Å². The summed E-state index contributed by atoms with van der Waals surface area (Å²) in [6.07, 6.45) is 3.27. The molecule has 0 aliphatic carbocycles. The second-order valence-corrected chi connectivity index (χ2v) is 9.35. The Morgan fingerprint density at radius 1 is 0.941 bits per heavy atom. The van der Waals surface area contributed by atoms with Gasteiger partial charge in [0.05, 0.1) is 12.1 Å². The van der Waals surface area contributed by atoms with Gasteiger partial charge in [0, 0.05) is 30.1 Å². The third-order valence-electron chi connectivity index (χ3n) is 5.90. The minimum absolute atomic E-state index is 0.265. The lowest BCUT2D eigenvalue weighted by Crippen LogP contribution is -2.27. The third-order valence-corrected chi connectivity index (χ3v) is 6.35. The molecule has 34 heavy (non-hydrogen) atoms. The Balaban J connectivity index is 1.94. The fourth-order valence-corrected chi connectivity index (χ4v) is 4.51. The summed E-state index contributed by atoms with van der Waals surface area (Å²) in [5.41, 5.74) is 4.97. The lowest BCUT2D eigenvalue weighted by atomic mass is 10.1. The first-order chi connectivity index (χ1) is 16.5. The Bertz CT molecular complexity index is 1250. The smallest absolute Gasteiger partial charge is 0.183 e. The van der Waals surface area contributed by atoms with E-state index in [1.54, 1.807) is 0 Å². The van der Waals surface area contributed by atoms with Crippen molar-refractivity contribution in [1.29, 1.82) is 0 Å². The third kappa shape index (κ3) is 5.25. The number of nitrogens with zero attached hydrogens (tertiary/aromatic N) is 5. The van der Waals surface area contributed by atoms with Gasteiger partial charge in [0.25, 0.3) is 0 Å². The van der Waals surface area contributed by atoms with Crippen LogP contribution in [0.3, 0.4) is 0 Å². The Morgan fingerprint density at radius 2 is 1.74 bits per heavy atom. The molecule has 2 aromatic carbocycles. The van der Waals surface area contributed by atoms with E-state index < -0.39 is 0 Å². The second-order valence-electron chi connectivity index (χ2n) is 8.72. The van der Waals surface area contributed by atoms with Gasteiger partial charge in [0.15, 0.2) is 11.5 Å². The highest BCUT2D eigenvalue weighted by Crippen LogP contribution is 2.32. The van der Waals surface area contributed by atoms with Gasteiger partial charge in [0.1, 0.15) is 17.2 Å². The summed E-state index contributed by atoms with van der Waals surface area (Å²) in [6, 6.07) is 16.0. The molecule has 0 saturated heterocycles. The van der Waals surface area contributed by atoms with Crippen LogP contribution in [-0.2, 0) is 6.54 Å². The molecule has 0 saturated carbocycles. The Hall–Kier alpha value is -2.93. The molecule has 0 unspecified atom stereocenters. The van der Waals surface area contributed by atoms with Crippen LogP contribution >= 0.6 is 12.1 Å². The van der Waals surface area contributed by atoms with Crippen molar-refractivity contribution in [1.82, 2.24) is 19.5 Å². The maximum Gasteiger partial charge on any atom is 0.183 e. The van der Waals surface area contributed by atoms with E-state index >= 15 is 0 Å². The molecule has 0 atom stereocenters. The van der Waals surface area contributed by atoms with Crippen molar-refractivity contribution in [3.8, 4) is 11.4 Å². The molecule has 0 spiro atoms. The van der Waals surface area contributed by atoms with E-state index in [1.165, 1.54) is 5.56 Å². The fraction of sp³-hybridized carbons (Fsp3) is 0.370. The summed E-state index contributed by atoms with van der Waals surface area (Å²) < 4.78 is 15.2. The molecule has 2 aromatic heterocycles. The SMILES string of the molecule is CCCCN(CCC)c1nc(C)nc2nc(-c3cccc(C)c3)n(Cc3ccc(SF)cc3)c12. The number of imidazole rings is 1. The predicted octanol–water partition coefficient (Wildman–Crippen LogP) is 7.15. The molecule has 0 aliphatic heterocycles. The first-order valence-electron chi connectivity index (χ1n) is 12.0. The molecule has 0 bridgehead atoms. The van der Waals surface area contributed by atoms with Crippen molar-refractivity contribution in [2.24, 2.45) is 0 Å². The lowest BCUT2D eigenvalue weighted by molar-refractivity contribution is 0.693. The van der Waals surface area contributed by atoms with Crippen LogP contribution in [-0.4, -0.2) is 32.6 Å². The molecule has 0 radical (unpaired) electrons. The number of hydrogen-bond donors (Lipinski definition) is 0. The standard InChI is InChI=1S/C27H32FN5S/c1-5-7-16-32(15-6-2)27-24-25(29-20(4)30-27)31-26(22-10-8-9-19(3)17-22)33(24)18-21-11-13-23(34-28)14-12-21/h8-14,17H,5-7,15-16,18H2,1-4H3. The summed E-state index contributed by atoms with van der Waals surface area (Å²) in [6.45, 7) is 10.9. The number of hydrogen-bond acceptors (Lipinski definition) is 5. The van der Waals surface area contributed by atoms with Gasteiger partial charge < -0.3 is 9.47 Å². The summed E-state index contributed by atoms with van der Waals surface area (Å²) in [4.78, 5) is 17.7. The largest absolute Gasteiger partial charge is 0.355 e. The van der Waals surface area contributed by atoms with Crippen molar-refractivity contribution < 1.29 is 3.89 Å². The van der Waals surface area contributed by atoms with Crippen LogP contribution < -0.4 is 4.90 Å². The monoisotopic (exact) mass is 477 g/mol. The molecule has 4 rings (SSSR count). The van der Waals surface area contributed by atoms with Crippen LogP contribution in [0.1, 0.15) is 50.1 Å². The summed E-state index contributed by atoms with van der Waals surface area (Å²) in [7, 11) is 0. The first-order valence-corrected chi connectivity index (χ1v) is 12.7. The van der Waals surface area contributed by atoms with Crippen molar-refractivity contribution in [3.05, 3.63) is 65.5 Å². The molecule has 5 nitrogen and oxygen atoms in total. The minimum atomic E-state index is 0.265. The van der Waals surface area contributed by atoms with Gasteiger partial charge in [0.2, 0.25) is 0 Å². The average molecular weight is 478 g/mol. The van der Waals surface area contributed by atoms with E-state index in [9.17, 15) is 3.89 Å². The molecule has 0 aliphatic rings. The highest BCUT2D eigenvalue weighted by atomic mass is 32.2. The Kier molecular flexibility index (Phi) is 7.83. The number of aryl methyl sites for hydroxylation is 2. The average Bonchev–Trinajstić information content (AvgIpc) is 3.19. The van der Waals surface area contributed by atoms with Crippen LogP contribution in [0.5, 0.6) is 0 Å².